The molecule has 0 spiro atoms. The number of carboxylic acid groups (broad SMARTS) is 1. The van der Waals surface area contributed by atoms with Gasteiger partial charge in [-0.05, 0) is 13.0 Å². The predicted octanol–water partition coefficient (Wildman–Crippen LogP) is 1.96. The summed E-state index contributed by atoms with van der Waals surface area (Å²) in [7, 11) is 0. The van der Waals surface area contributed by atoms with Gasteiger partial charge in [0.25, 0.3) is 0 Å². The molecule has 0 radical (unpaired) electrons. The number of carbonyl (C=O) groups is 1. The average molecular weight is 254 g/mol. The van der Waals surface area contributed by atoms with Gasteiger partial charge in [-0.3, -0.25) is 4.79 Å². The quantitative estimate of drug-likeness (QED) is 0.872. The van der Waals surface area contributed by atoms with Crippen molar-refractivity contribution >= 4 is 17.7 Å². The SMILES string of the molecule is Cc1occc1-c1noc(CSCC(=O)O)n1. The summed E-state index contributed by atoms with van der Waals surface area (Å²) in [5.41, 5.74) is 0.781. The smallest absolute Gasteiger partial charge is 0.313 e. The third kappa shape index (κ3) is 2.88. The van der Waals surface area contributed by atoms with E-state index in [1.807, 2.05) is 6.92 Å². The molecule has 0 fully saturated rings. The molecule has 1 N–H and O–H groups in total. The molecule has 90 valence electrons. The van der Waals surface area contributed by atoms with Crippen LogP contribution in [0, 0.1) is 6.92 Å². The molecular formula is C10H10N2O4S. The lowest BCUT2D eigenvalue weighted by atomic mass is 10.2. The maximum atomic E-state index is 10.3. The average Bonchev–Trinajstić information content (AvgIpc) is 2.86. The van der Waals surface area contributed by atoms with Crippen molar-refractivity contribution in [1.82, 2.24) is 10.1 Å². The molecule has 0 aliphatic carbocycles. The van der Waals surface area contributed by atoms with Crippen LogP contribution in [0.15, 0.2) is 21.3 Å². The topological polar surface area (TPSA) is 89.4 Å². The molecule has 2 aromatic rings. The van der Waals surface area contributed by atoms with Gasteiger partial charge in [-0.15, -0.1) is 11.8 Å². The Bertz CT molecular complexity index is 520. The number of hydrogen-bond acceptors (Lipinski definition) is 6. The molecule has 0 aromatic carbocycles. The Morgan fingerprint density at radius 1 is 1.59 bits per heavy atom. The lowest BCUT2D eigenvalue weighted by Crippen LogP contribution is -1.98. The molecule has 17 heavy (non-hydrogen) atoms. The zero-order valence-corrected chi connectivity index (χ0v) is 9.86. The van der Waals surface area contributed by atoms with Gasteiger partial charge in [0.05, 0.1) is 23.3 Å². The number of aliphatic carboxylic acids is 1. The number of nitrogens with zero attached hydrogens (tertiary/aromatic N) is 2. The zero-order chi connectivity index (χ0) is 12.3. The molecule has 0 atom stereocenters. The fourth-order valence-electron chi connectivity index (χ4n) is 1.27. The summed E-state index contributed by atoms with van der Waals surface area (Å²) in [6, 6.07) is 1.76. The van der Waals surface area contributed by atoms with Crippen LogP contribution in [0.3, 0.4) is 0 Å². The highest BCUT2D eigenvalue weighted by atomic mass is 32.2. The first-order valence-corrected chi connectivity index (χ1v) is 5.99. The second kappa shape index (κ2) is 5.05. The second-order valence-electron chi connectivity index (χ2n) is 3.29. The van der Waals surface area contributed by atoms with Crippen LogP contribution in [-0.4, -0.2) is 27.0 Å². The minimum absolute atomic E-state index is 0.0163. The van der Waals surface area contributed by atoms with Crippen LogP contribution in [0.2, 0.25) is 0 Å². The van der Waals surface area contributed by atoms with Crippen LogP contribution in [0.1, 0.15) is 11.7 Å². The normalized spacial score (nSPS) is 10.6. The van der Waals surface area contributed by atoms with Crippen molar-refractivity contribution in [1.29, 1.82) is 0 Å². The van der Waals surface area contributed by atoms with E-state index >= 15 is 0 Å². The molecule has 2 heterocycles. The molecule has 0 saturated carbocycles. The van der Waals surface area contributed by atoms with E-state index in [9.17, 15) is 4.79 Å². The third-order valence-corrected chi connectivity index (χ3v) is 2.92. The lowest BCUT2D eigenvalue weighted by molar-refractivity contribution is -0.133. The van der Waals surface area contributed by atoms with Gasteiger partial charge in [-0.2, -0.15) is 4.98 Å². The number of aromatic nitrogens is 2. The van der Waals surface area contributed by atoms with Gasteiger partial charge in [0.1, 0.15) is 5.76 Å². The molecular weight excluding hydrogens is 244 g/mol. The molecule has 2 aromatic heterocycles. The zero-order valence-electron chi connectivity index (χ0n) is 9.04. The third-order valence-electron chi connectivity index (χ3n) is 2.02. The van der Waals surface area contributed by atoms with E-state index in [4.69, 9.17) is 14.0 Å². The first-order chi connectivity index (χ1) is 8.16. The van der Waals surface area contributed by atoms with Crippen LogP contribution >= 0.6 is 11.8 Å². The summed E-state index contributed by atoms with van der Waals surface area (Å²) >= 11 is 1.21. The van der Waals surface area contributed by atoms with Crippen molar-refractivity contribution in [2.24, 2.45) is 0 Å². The summed E-state index contributed by atoms with van der Waals surface area (Å²) in [4.78, 5) is 14.5. The summed E-state index contributed by atoms with van der Waals surface area (Å²) < 4.78 is 10.1. The Balaban J connectivity index is 2.01. The number of carboxylic acids is 1. The van der Waals surface area contributed by atoms with Crippen LogP contribution < -0.4 is 0 Å². The van der Waals surface area contributed by atoms with E-state index < -0.39 is 5.97 Å². The predicted molar refractivity (Wildman–Crippen MR) is 60.5 cm³/mol. The highest BCUT2D eigenvalue weighted by Crippen LogP contribution is 2.22. The molecule has 2 rings (SSSR count). The highest BCUT2D eigenvalue weighted by Gasteiger charge is 2.12. The van der Waals surface area contributed by atoms with Crippen LogP contribution in [0.4, 0.5) is 0 Å². The van der Waals surface area contributed by atoms with Gasteiger partial charge in [0.15, 0.2) is 0 Å². The molecule has 0 amide bonds. The fraction of sp³-hybridized carbons (Fsp3) is 0.300. The molecule has 0 bridgehead atoms. The van der Waals surface area contributed by atoms with Crippen molar-refractivity contribution in [3.63, 3.8) is 0 Å². The lowest BCUT2D eigenvalue weighted by Gasteiger charge is -1.91. The molecule has 0 aliphatic rings. The first-order valence-electron chi connectivity index (χ1n) is 4.83. The van der Waals surface area contributed by atoms with Gasteiger partial charge in [-0.25, -0.2) is 0 Å². The maximum Gasteiger partial charge on any atom is 0.313 e. The number of rotatable bonds is 5. The van der Waals surface area contributed by atoms with Crippen molar-refractivity contribution in [2.45, 2.75) is 12.7 Å². The Morgan fingerprint density at radius 2 is 2.41 bits per heavy atom. The Hall–Kier alpha value is -1.76. The van der Waals surface area contributed by atoms with E-state index in [1.165, 1.54) is 11.8 Å². The van der Waals surface area contributed by atoms with Crippen molar-refractivity contribution < 1.29 is 18.8 Å². The number of hydrogen-bond donors (Lipinski definition) is 1. The van der Waals surface area contributed by atoms with E-state index in [1.54, 1.807) is 12.3 Å². The summed E-state index contributed by atoms with van der Waals surface area (Å²) in [5.74, 6) is 1.13. The van der Waals surface area contributed by atoms with Gasteiger partial charge in [0.2, 0.25) is 11.7 Å². The molecule has 0 unspecified atom stereocenters. The van der Waals surface area contributed by atoms with Crippen molar-refractivity contribution in [3.8, 4) is 11.4 Å². The fourth-order valence-corrected chi connectivity index (χ4v) is 1.83. The van der Waals surface area contributed by atoms with Gasteiger partial charge in [0, 0.05) is 0 Å². The summed E-state index contributed by atoms with van der Waals surface area (Å²) in [5, 5.41) is 12.3. The monoisotopic (exact) mass is 254 g/mol. The van der Waals surface area contributed by atoms with Crippen LogP contribution in [-0.2, 0) is 10.5 Å². The van der Waals surface area contributed by atoms with Gasteiger partial charge >= 0.3 is 5.97 Å². The highest BCUT2D eigenvalue weighted by molar-refractivity contribution is 7.99. The Kier molecular flexibility index (Phi) is 3.48. The number of furan rings is 1. The Labute approximate surface area is 101 Å². The van der Waals surface area contributed by atoms with Crippen molar-refractivity contribution in [3.05, 3.63) is 24.0 Å². The minimum atomic E-state index is -0.861. The number of aryl methyl sites for hydroxylation is 1. The number of thioether (sulfide) groups is 1. The summed E-state index contributed by atoms with van der Waals surface area (Å²) in [6.07, 6.45) is 1.56. The minimum Gasteiger partial charge on any atom is -0.481 e. The first kappa shape index (κ1) is 11.7. The molecule has 0 aliphatic heterocycles. The second-order valence-corrected chi connectivity index (χ2v) is 4.27. The van der Waals surface area contributed by atoms with E-state index in [2.05, 4.69) is 10.1 Å². The maximum absolute atomic E-state index is 10.3. The molecule has 7 heteroatoms. The summed E-state index contributed by atoms with van der Waals surface area (Å²) in [6.45, 7) is 1.81. The van der Waals surface area contributed by atoms with E-state index in [0.29, 0.717) is 17.5 Å². The largest absolute Gasteiger partial charge is 0.481 e. The van der Waals surface area contributed by atoms with Crippen LogP contribution in [0.25, 0.3) is 11.4 Å². The van der Waals surface area contributed by atoms with Crippen molar-refractivity contribution in [2.75, 3.05) is 5.75 Å². The van der Waals surface area contributed by atoms with Gasteiger partial charge in [-0.1, -0.05) is 5.16 Å². The van der Waals surface area contributed by atoms with Gasteiger partial charge < -0.3 is 14.0 Å². The Morgan fingerprint density at radius 3 is 3.06 bits per heavy atom. The molecule has 0 saturated heterocycles. The molecule has 6 nitrogen and oxygen atoms in total. The van der Waals surface area contributed by atoms with Crippen LogP contribution in [0.5, 0.6) is 0 Å². The standard InChI is InChI=1S/C10H10N2O4S/c1-6-7(2-3-15-6)10-11-8(16-12-10)4-17-5-9(13)14/h2-3H,4-5H2,1H3,(H,13,14). The van der Waals surface area contributed by atoms with E-state index in [-0.39, 0.29) is 5.75 Å². The van der Waals surface area contributed by atoms with E-state index in [0.717, 1.165) is 11.3 Å².